The molecule has 0 aliphatic heterocycles. The number of benzene rings is 1. The minimum atomic E-state index is -0.142. The minimum Gasteiger partial charge on any atom is -0.356 e. The highest BCUT2D eigenvalue weighted by atomic mass is 16.1. The molecule has 2 heterocycles. The molecule has 160 valence electrons. The smallest absolute Gasteiger partial charge is 0.272 e. The van der Waals surface area contributed by atoms with Gasteiger partial charge < -0.3 is 9.88 Å². The molecule has 0 aliphatic carbocycles. The van der Waals surface area contributed by atoms with E-state index in [1.54, 1.807) is 11.5 Å². The zero-order valence-corrected chi connectivity index (χ0v) is 18.8. The zero-order chi connectivity index (χ0) is 22.0. The fourth-order valence-electron chi connectivity index (χ4n) is 3.88. The zero-order valence-electron chi connectivity index (χ0n) is 18.8. The van der Waals surface area contributed by atoms with Crippen molar-refractivity contribution in [3.63, 3.8) is 0 Å². The van der Waals surface area contributed by atoms with Crippen LogP contribution in [0.2, 0.25) is 0 Å². The van der Waals surface area contributed by atoms with Gasteiger partial charge in [-0.15, -0.1) is 0 Å². The number of nitrogens with zero attached hydrogens (tertiary/aromatic N) is 4. The van der Waals surface area contributed by atoms with Crippen LogP contribution in [0.4, 0.5) is 0 Å². The summed E-state index contributed by atoms with van der Waals surface area (Å²) in [5, 5.41) is 7.50. The molecule has 0 radical (unpaired) electrons. The molecule has 0 atom stereocenters. The van der Waals surface area contributed by atoms with Crippen molar-refractivity contribution in [2.45, 2.75) is 67.5 Å². The van der Waals surface area contributed by atoms with E-state index in [1.807, 2.05) is 37.6 Å². The third kappa shape index (κ3) is 4.30. The molecule has 3 rings (SSSR count). The molecule has 1 N–H and O–H groups in total. The number of carbonyl (C=O) groups is 1. The topological polar surface area (TPSA) is 81.8 Å². The fourth-order valence-corrected chi connectivity index (χ4v) is 3.88. The van der Waals surface area contributed by atoms with Crippen LogP contribution >= 0.6 is 0 Å². The van der Waals surface area contributed by atoms with Crippen molar-refractivity contribution in [3.8, 4) is 0 Å². The third-order valence-electron chi connectivity index (χ3n) is 5.82. The number of fused-ring (bicyclic) bond motifs is 1. The Bertz CT molecular complexity index is 1160. The highest BCUT2D eigenvalue weighted by Crippen LogP contribution is 2.17. The van der Waals surface area contributed by atoms with Crippen molar-refractivity contribution in [1.82, 2.24) is 24.6 Å². The van der Waals surface area contributed by atoms with Gasteiger partial charge in [-0.2, -0.15) is 5.10 Å². The first-order valence-corrected chi connectivity index (χ1v) is 10.5. The predicted octanol–water partition coefficient (Wildman–Crippen LogP) is 2.90. The number of hydrogen-bond acceptors (Lipinski definition) is 4. The van der Waals surface area contributed by atoms with Crippen LogP contribution in [0, 0.1) is 34.6 Å². The Morgan fingerprint density at radius 2 is 1.77 bits per heavy atom. The number of nitrogens with one attached hydrogen (secondary N) is 1. The van der Waals surface area contributed by atoms with E-state index in [2.05, 4.69) is 29.2 Å². The van der Waals surface area contributed by atoms with Crippen LogP contribution < -0.4 is 10.9 Å². The molecule has 0 saturated heterocycles. The summed E-state index contributed by atoms with van der Waals surface area (Å²) < 4.78 is 3.66. The van der Waals surface area contributed by atoms with Crippen molar-refractivity contribution in [2.75, 3.05) is 6.54 Å². The molecule has 1 aromatic carbocycles. The Hall–Kier alpha value is -2.96. The molecule has 7 nitrogen and oxygen atoms in total. The summed E-state index contributed by atoms with van der Waals surface area (Å²) in [7, 11) is 0. The van der Waals surface area contributed by atoms with Crippen LogP contribution in [0.25, 0.3) is 11.0 Å². The summed E-state index contributed by atoms with van der Waals surface area (Å²) in [4.78, 5) is 29.5. The quantitative estimate of drug-likeness (QED) is 0.651. The lowest BCUT2D eigenvalue weighted by atomic mass is 10.1. The fraction of sp³-hybridized carbons (Fsp3) is 0.478. The normalized spacial score (nSPS) is 11.3. The van der Waals surface area contributed by atoms with Crippen molar-refractivity contribution in [3.05, 3.63) is 56.3 Å². The van der Waals surface area contributed by atoms with Gasteiger partial charge in [-0.3, -0.25) is 14.3 Å². The average Bonchev–Trinajstić information content (AvgIpc) is 2.97. The molecule has 0 fully saturated rings. The van der Waals surface area contributed by atoms with E-state index in [0.717, 1.165) is 46.5 Å². The van der Waals surface area contributed by atoms with Crippen LogP contribution in [0.3, 0.4) is 0 Å². The van der Waals surface area contributed by atoms with Gasteiger partial charge in [0.25, 0.3) is 5.56 Å². The number of aryl methyl sites for hydroxylation is 6. The van der Waals surface area contributed by atoms with E-state index < -0.39 is 0 Å². The van der Waals surface area contributed by atoms with Gasteiger partial charge in [0, 0.05) is 31.7 Å². The second-order valence-corrected chi connectivity index (χ2v) is 7.89. The minimum absolute atomic E-state index is 0.0634. The molecule has 0 aliphatic rings. The van der Waals surface area contributed by atoms with Crippen molar-refractivity contribution >= 4 is 16.9 Å². The maximum atomic E-state index is 12.7. The van der Waals surface area contributed by atoms with Gasteiger partial charge in [-0.25, -0.2) is 4.98 Å². The van der Waals surface area contributed by atoms with Crippen molar-refractivity contribution < 1.29 is 4.79 Å². The largest absolute Gasteiger partial charge is 0.356 e. The summed E-state index contributed by atoms with van der Waals surface area (Å²) in [5.41, 5.74) is 7.46. The Morgan fingerprint density at radius 1 is 1.07 bits per heavy atom. The standard InChI is InChI=1S/C23H31N5O2/c1-7-28-18(6)19(16(4)26-28)8-10-24-22(29)9-11-27-21-13-15(3)14(2)12-20(21)25-17(5)23(27)30/h12-13H,7-11H2,1-6H3,(H,24,29). The number of rotatable bonds is 7. The summed E-state index contributed by atoms with van der Waals surface area (Å²) in [6.45, 7) is 13.6. The Morgan fingerprint density at radius 3 is 2.43 bits per heavy atom. The molecular weight excluding hydrogens is 378 g/mol. The SMILES string of the molecule is CCn1nc(C)c(CCNC(=O)CCn2c(=O)c(C)nc3cc(C)c(C)cc32)c1C. The number of carbonyl (C=O) groups excluding carboxylic acids is 1. The van der Waals surface area contributed by atoms with Crippen LogP contribution in [-0.2, 0) is 24.3 Å². The van der Waals surface area contributed by atoms with E-state index in [-0.39, 0.29) is 17.9 Å². The van der Waals surface area contributed by atoms with E-state index in [9.17, 15) is 9.59 Å². The highest BCUT2D eigenvalue weighted by molar-refractivity contribution is 5.78. The molecule has 0 spiro atoms. The first kappa shape index (κ1) is 21.7. The summed E-state index contributed by atoms with van der Waals surface area (Å²) in [6, 6.07) is 3.97. The van der Waals surface area contributed by atoms with Crippen LogP contribution in [0.1, 0.15) is 47.1 Å². The van der Waals surface area contributed by atoms with Gasteiger partial charge in [0.2, 0.25) is 5.91 Å². The van der Waals surface area contributed by atoms with Gasteiger partial charge in [-0.1, -0.05) is 0 Å². The lowest BCUT2D eigenvalue weighted by Gasteiger charge is -2.13. The van der Waals surface area contributed by atoms with Crippen LogP contribution in [0.5, 0.6) is 0 Å². The average molecular weight is 410 g/mol. The summed E-state index contributed by atoms with van der Waals surface area (Å²) in [6.07, 6.45) is 0.997. The lowest BCUT2D eigenvalue weighted by Crippen LogP contribution is -2.30. The second kappa shape index (κ2) is 8.81. The van der Waals surface area contributed by atoms with Crippen LogP contribution in [-0.4, -0.2) is 31.8 Å². The van der Waals surface area contributed by atoms with E-state index in [1.165, 1.54) is 5.56 Å². The maximum Gasteiger partial charge on any atom is 0.272 e. The van der Waals surface area contributed by atoms with E-state index in [0.29, 0.717) is 18.8 Å². The molecule has 1 amide bonds. The number of amides is 1. The molecular formula is C23H31N5O2. The highest BCUT2D eigenvalue weighted by Gasteiger charge is 2.13. The second-order valence-electron chi connectivity index (χ2n) is 7.89. The van der Waals surface area contributed by atoms with Gasteiger partial charge in [0.15, 0.2) is 0 Å². The first-order valence-electron chi connectivity index (χ1n) is 10.5. The van der Waals surface area contributed by atoms with Crippen molar-refractivity contribution in [2.24, 2.45) is 0 Å². The first-order chi connectivity index (χ1) is 14.2. The van der Waals surface area contributed by atoms with Crippen molar-refractivity contribution in [1.29, 1.82) is 0 Å². The number of aromatic nitrogens is 4. The molecule has 30 heavy (non-hydrogen) atoms. The molecule has 3 aromatic rings. The Labute approximate surface area is 177 Å². The summed E-state index contributed by atoms with van der Waals surface area (Å²) >= 11 is 0. The van der Waals surface area contributed by atoms with Gasteiger partial charge in [0.1, 0.15) is 5.69 Å². The van der Waals surface area contributed by atoms with E-state index >= 15 is 0 Å². The van der Waals surface area contributed by atoms with Crippen LogP contribution in [0.15, 0.2) is 16.9 Å². The third-order valence-corrected chi connectivity index (χ3v) is 5.82. The molecule has 7 heteroatoms. The predicted molar refractivity (Wildman–Crippen MR) is 119 cm³/mol. The molecule has 0 saturated carbocycles. The number of hydrogen-bond donors (Lipinski definition) is 1. The lowest BCUT2D eigenvalue weighted by molar-refractivity contribution is -0.121. The molecule has 0 bridgehead atoms. The molecule has 0 unspecified atom stereocenters. The Kier molecular flexibility index (Phi) is 6.39. The van der Waals surface area contributed by atoms with Gasteiger partial charge in [-0.05, 0) is 76.8 Å². The monoisotopic (exact) mass is 409 g/mol. The van der Waals surface area contributed by atoms with Gasteiger partial charge >= 0.3 is 0 Å². The maximum absolute atomic E-state index is 12.7. The van der Waals surface area contributed by atoms with Gasteiger partial charge in [0.05, 0.1) is 16.7 Å². The Balaban J connectivity index is 1.67. The molecule has 2 aromatic heterocycles. The summed E-state index contributed by atoms with van der Waals surface area (Å²) in [5.74, 6) is -0.0634. The van der Waals surface area contributed by atoms with E-state index in [4.69, 9.17) is 0 Å².